The Morgan fingerprint density at radius 3 is 2.07 bits per heavy atom. The van der Waals surface area contributed by atoms with Gasteiger partial charge < -0.3 is 4.74 Å². The highest BCUT2D eigenvalue weighted by molar-refractivity contribution is 5.39. The normalized spacial score (nSPS) is 23.2. The Morgan fingerprint density at radius 1 is 0.821 bits per heavy atom. The smallest absolute Gasteiger partial charge is 0.200 e. The van der Waals surface area contributed by atoms with Crippen LogP contribution in [0.2, 0.25) is 0 Å². The Bertz CT molecular complexity index is 638. The van der Waals surface area contributed by atoms with Gasteiger partial charge in [0.15, 0.2) is 11.6 Å². The fraction of sp³-hybridized carbons (Fsp3) is 0.680. The summed E-state index contributed by atoms with van der Waals surface area (Å²) in [7, 11) is 0. The summed E-state index contributed by atoms with van der Waals surface area (Å²) in [6.07, 6.45) is 15.2. The summed E-state index contributed by atoms with van der Waals surface area (Å²) >= 11 is 0. The van der Waals surface area contributed by atoms with Crippen molar-refractivity contribution < 1.29 is 13.5 Å². The van der Waals surface area contributed by atoms with Gasteiger partial charge in [0.25, 0.3) is 0 Å². The third-order valence-electron chi connectivity index (χ3n) is 7.32. The molecule has 0 N–H and O–H groups in total. The van der Waals surface area contributed by atoms with Crippen LogP contribution in [0.25, 0.3) is 0 Å². The molecule has 3 saturated carbocycles. The van der Waals surface area contributed by atoms with Gasteiger partial charge in [0, 0.05) is 5.92 Å². The van der Waals surface area contributed by atoms with Gasteiger partial charge in [0.1, 0.15) is 0 Å². The number of halogens is 2. The van der Waals surface area contributed by atoms with E-state index < -0.39 is 11.6 Å². The van der Waals surface area contributed by atoms with Crippen LogP contribution in [-0.2, 0) is 0 Å². The Morgan fingerprint density at radius 2 is 1.46 bits per heavy atom. The summed E-state index contributed by atoms with van der Waals surface area (Å²) in [6.45, 7) is 2.12. The van der Waals surface area contributed by atoms with Gasteiger partial charge in [-0.1, -0.05) is 31.7 Å². The molecule has 154 valence electrons. The van der Waals surface area contributed by atoms with Gasteiger partial charge in [-0.3, -0.25) is 0 Å². The van der Waals surface area contributed by atoms with E-state index in [4.69, 9.17) is 4.74 Å². The van der Waals surface area contributed by atoms with E-state index in [0.717, 1.165) is 43.4 Å². The SMILES string of the molecule is CCOc1ccc([C]2CCC([C]3CCC(CCC4CC4)CC3)CC2)c(F)c1F. The van der Waals surface area contributed by atoms with Crippen molar-refractivity contribution in [2.24, 2.45) is 17.8 Å². The molecule has 0 aromatic heterocycles. The standard InChI is InChI=1S/C25H34F2O/c1-2-28-23-16-15-22(24(26)25(23)27)21-13-11-20(12-14-21)19-9-7-18(8-10-19)6-5-17-3-4-17/h15-18,20H,2-14H2,1H3. The van der Waals surface area contributed by atoms with Gasteiger partial charge >= 0.3 is 0 Å². The number of rotatable bonds is 7. The molecule has 3 fully saturated rings. The van der Waals surface area contributed by atoms with Crippen LogP contribution in [0.15, 0.2) is 12.1 Å². The number of ether oxygens (including phenoxy) is 1. The third kappa shape index (κ3) is 4.71. The first-order valence-electron chi connectivity index (χ1n) is 11.5. The van der Waals surface area contributed by atoms with Gasteiger partial charge in [-0.25, -0.2) is 4.39 Å². The van der Waals surface area contributed by atoms with E-state index >= 15 is 0 Å². The van der Waals surface area contributed by atoms with Crippen molar-refractivity contribution in [2.75, 3.05) is 6.61 Å². The first-order valence-corrected chi connectivity index (χ1v) is 11.5. The Balaban J connectivity index is 1.26. The molecule has 1 aromatic rings. The van der Waals surface area contributed by atoms with E-state index in [1.165, 1.54) is 51.4 Å². The molecule has 0 amide bonds. The molecule has 0 aliphatic heterocycles. The lowest BCUT2D eigenvalue weighted by atomic mass is 9.68. The summed E-state index contributed by atoms with van der Waals surface area (Å²) < 4.78 is 33.9. The lowest BCUT2D eigenvalue weighted by molar-refractivity contribution is 0.281. The Labute approximate surface area is 169 Å². The molecule has 0 heterocycles. The van der Waals surface area contributed by atoms with Crippen molar-refractivity contribution in [1.29, 1.82) is 0 Å². The zero-order valence-corrected chi connectivity index (χ0v) is 17.2. The van der Waals surface area contributed by atoms with Crippen LogP contribution in [0.1, 0.15) is 89.5 Å². The van der Waals surface area contributed by atoms with Crippen LogP contribution < -0.4 is 4.74 Å². The zero-order chi connectivity index (χ0) is 19.5. The Hall–Kier alpha value is -1.12. The summed E-state index contributed by atoms with van der Waals surface area (Å²) in [6, 6.07) is 3.28. The minimum Gasteiger partial charge on any atom is -0.491 e. The molecule has 3 aliphatic carbocycles. The van der Waals surface area contributed by atoms with Gasteiger partial charge in [0.2, 0.25) is 5.82 Å². The van der Waals surface area contributed by atoms with Crippen molar-refractivity contribution in [1.82, 2.24) is 0 Å². The molecular weight excluding hydrogens is 354 g/mol. The summed E-state index contributed by atoms with van der Waals surface area (Å²) in [5, 5.41) is 0. The maximum absolute atomic E-state index is 14.5. The fourth-order valence-corrected chi connectivity index (χ4v) is 5.34. The zero-order valence-electron chi connectivity index (χ0n) is 17.2. The van der Waals surface area contributed by atoms with Gasteiger partial charge in [0.05, 0.1) is 6.61 Å². The maximum Gasteiger partial charge on any atom is 0.200 e. The third-order valence-corrected chi connectivity index (χ3v) is 7.32. The minimum absolute atomic E-state index is 0.0204. The summed E-state index contributed by atoms with van der Waals surface area (Å²) in [5.74, 6) is 4.00. The highest BCUT2D eigenvalue weighted by Crippen LogP contribution is 2.46. The van der Waals surface area contributed by atoms with Crippen LogP contribution in [0, 0.1) is 41.2 Å². The average Bonchev–Trinajstić information content (AvgIpc) is 3.55. The molecule has 0 bridgehead atoms. The van der Waals surface area contributed by atoms with Gasteiger partial charge in [-0.2, -0.15) is 4.39 Å². The van der Waals surface area contributed by atoms with E-state index in [2.05, 4.69) is 0 Å². The molecule has 0 atom stereocenters. The highest BCUT2D eigenvalue weighted by atomic mass is 19.2. The number of benzene rings is 1. The van der Waals surface area contributed by atoms with Gasteiger partial charge in [-0.05, 0) is 93.6 Å². The number of hydrogen-bond donors (Lipinski definition) is 0. The van der Waals surface area contributed by atoms with E-state index in [9.17, 15) is 8.78 Å². The monoisotopic (exact) mass is 388 g/mol. The average molecular weight is 389 g/mol. The predicted octanol–water partition coefficient (Wildman–Crippen LogP) is 7.43. The lowest BCUT2D eigenvalue weighted by Crippen LogP contribution is -2.24. The van der Waals surface area contributed by atoms with Crippen molar-refractivity contribution in [3.8, 4) is 5.75 Å². The number of hydrogen-bond acceptors (Lipinski definition) is 1. The maximum atomic E-state index is 14.5. The molecule has 3 aliphatic rings. The van der Waals surface area contributed by atoms with Crippen molar-refractivity contribution in [3.05, 3.63) is 41.2 Å². The van der Waals surface area contributed by atoms with Crippen LogP contribution in [-0.4, -0.2) is 6.61 Å². The molecule has 1 aromatic carbocycles. The fourth-order valence-electron chi connectivity index (χ4n) is 5.34. The Kier molecular flexibility index (Phi) is 6.58. The predicted molar refractivity (Wildman–Crippen MR) is 109 cm³/mol. The quantitative estimate of drug-likeness (QED) is 0.472. The second kappa shape index (κ2) is 9.13. The molecule has 2 radical (unpaired) electrons. The molecule has 3 heteroatoms. The first-order chi connectivity index (χ1) is 13.7. The van der Waals surface area contributed by atoms with Gasteiger partial charge in [-0.15, -0.1) is 0 Å². The first kappa shape index (κ1) is 20.2. The molecule has 4 rings (SSSR count). The molecule has 1 nitrogen and oxygen atoms in total. The lowest BCUT2D eigenvalue weighted by Gasteiger charge is -2.37. The van der Waals surface area contributed by atoms with E-state index in [0.29, 0.717) is 18.1 Å². The highest BCUT2D eigenvalue weighted by Gasteiger charge is 2.33. The van der Waals surface area contributed by atoms with Crippen molar-refractivity contribution >= 4 is 0 Å². The largest absolute Gasteiger partial charge is 0.491 e. The summed E-state index contributed by atoms with van der Waals surface area (Å²) in [4.78, 5) is 0. The molecule has 28 heavy (non-hydrogen) atoms. The molecule has 0 saturated heterocycles. The van der Waals surface area contributed by atoms with E-state index in [1.54, 1.807) is 25.0 Å². The molecule has 0 unspecified atom stereocenters. The topological polar surface area (TPSA) is 9.23 Å². The van der Waals surface area contributed by atoms with E-state index in [-0.39, 0.29) is 5.75 Å². The molecule has 0 spiro atoms. The van der Waals surface area contributed by atoms with E-state index in [1.807, 2.05) is 0 Å². The van der Waals surface area contributed by atoms with Crippen LogP contribution >= 0.6 is 0 Å². The van der Waals surface area contributed by atoms with Crippen LogP contribution in [0.4, 0.5) is 8.78 Å². The van der Waals surface area contributed by atoms with Crippen LogP contribution in [0.5, 0.6) is 5.75 Å². The minimum atomic E-state index is -0.840. The van der Waals surface area contributed by atoms with Crippen LogP contribution in [0.3, 0.4) is 0 Å². The molecular formula is C25H34F2O. The van der Waals surface area contributed by atoms with Crippen molar-refractivity contribution in [3.63, 3.8) is 0 Å². The summed E-state index contributed by atoms with van der Waals surface area (Å²) in [5.41, 5.74) is 0.466. The van der Waals surface area contributed by atoms with Crippen molar-refractivity contribution in [2.45, 2.75) is 84.0 Å². The second-order valence-electron chi connectivity index (χ2n) is 9.17. The second-order valence-corrected chi connectivity index (χ2v) is 9.17.